The van der Waals surface area contributed by atoms with Gasteiger partial charge < -0.3 is 29.9 Å². The number of aromatic nitrogens is 2. The van der Waals surface area contributed by atoms with Crippen molar-refractivity contribution in [3.8, 4) is 16.3 Å². The fraction of sp³-hybridized carbons (Fsp3) is 0.500. The van der Waals surface area contributed by atoms with Crippen molar-refractivity contribution in [3.63, 3.8) is 0 Å². The Morgan fingerprint density at radius 3 is 2.59 bits per heavy atom. The lowest BCUT2D eigenvalue weighted by Crippen LogP contribution is -2.50. The van der Waals surface area contributed by atoms with Crippen molar-refractivity contribution in [2.75, 3.05) is 19.6 Å². The van der Waals surface area contributed by atoms with Crippen LogP contribution in [0.5, 0.6) is 5.88 Å². The third-order valence-electron chi connectivity index (χ3n) is 7.42. The highest BCUT2D eigenvalue weighted by molar-refractivity contribution is 7.13. The molecule has 3 aromatic rings. The summed E-state index contributed by atoms with van der Waals surface area (Å²) < 4.78 is 11.3. The van der Waals surface area contributed by atoms with E-state index in [2.05, 4.69) is 20.8 Å². The second-order valence-corrected chi connectivity index (χ2v) is 11.6. The van der Waals surface area contributed by atoms with Crippen molar-refractivity contribution in [1.82, 2.24) is 25.7 Å². The van der Waals surface area contributed by atoms with Crippen molar-refractivity contribution in [2.24, 2.45) is 5.92 Å². The summed E-state index contributed by atoms with van der Waals surface area (Å²) in [4.78, 5) is 34.1. The summed E-state index contributed by atoms with van der Waals surface area (Å²) in [5.74, 6) is -0.610. The first kappa shape index (κ1) is 27.3. The topological polar surface area (TPSA) is 130 Å². The largest absolute Gasteiger partial charge is 0.469 e. The number of thiazole rings is 1. The second-order valence-electron chi connectivity index (χ2n) is 10.7. The maximum Gasteiger partial charge on any atom is 0.254 e. The molecule has 0 bridgehead atoms. The van der Waals surface area contributed by atoms with Gasteiger partial charge in [-0.25, -0.2) is 4.98 Å². The fourth-order valence-electron chi connectivity index (χ4n) is 5.11. The van der Waals surface area contributed by atoms with E-state index in [1.807, 2.05) is 57.5 Å². The smallest absolute Gasteiger partial charge is 0.254 e. The molecule has 2 amide bonds. The summed E-state index contributed by atoms with van der Waals surface area (Å²) in [5, 5.41) is 20.6. The summed E-state index contributed by atoms with van der Waals surface area (Å²) in [6.07, 6.45) is -0.569. The van der Waals surface area contributed by atoms with Gasteiger partial charge in [0.25, 0.3) is 5.88 Å². The third kappa shape index (κ3) is 5.85. The number of benzene rings is 1. The highest BCUT2D eigenvalue weighted by Gasteiger charge is 2.43. The number of nitrogens with zero attached hydrogens (tertiary/aromatic N) is 3. The molecule has 2 aromatic heterocycles. The van der Waals surface area contributed by atoms with Crippen LogP contribution in [0.25, 0.3) is 10.4 Å². The van der Waals surface area contributed by atoms with Gasteiger partial charge in [-0.05, 0) is 36.0 Å². The maximum atomic E-state index is 13.8. The van der Waals surface area contributed by atoms with Gasteiger partial charge in [-0.1, -0.05) is 38.1 Å². The second kappa shape index (κ2) is 11.4. The lowest BCUT2D eigenvalue weighted by Gasteiger charge is -2.29. The van der Waals surface area contributed by atoms with Gasteiger partial charge in [-0.15, -0.1) is 11.3 Å². The van der Waals surface area contributed by atoms with Crippen LogP contribution in [-0.4, -0.2) is 69.8 Å². The van der Waals surface area contributed by atoms with Gasteiger partial charge in [0, 0.05) is 32.1 Å². The summed E-state index contributed by atoms with van der Waals surface area (Å²) in [7, 11) is 0. The number of rotatable bonds is 9. The molecule has 0 spiro atoms. The van der Waals surface area contributed by atoms with E-state index in [0.717, 1.165) is 34.8 Å². The minimum atomic E-state index is -0.783. The Morgan fingerprint density at radius 1 is 1.23 bits per heavy atom. The Bertz CT molecular complexity index is 1300. The molecule has 0 saturated carbocycles. The van der Waals surface area contributed by atoms with Crippen LogP contribution in [0.3, 0.4) is 0 Å². The van der Waals surface area contributed by atoms with Gasteiger partial charge in [-0.2, -0.15) is 0 Å². The van der Waals surface area contributed by atoms with Crippen molar-refractivity contribution in [2.45, 2.75) is 64.3 Å². The minimum Gasteiger partial charge on any atom is -0.469 e. The quantitative estimate of drug-likeness (QED) is 0.369. The summed E-state index contributed by atoms with van der Waals surface area (Å²) in [6, 6.07) is 8.63. The molecule has 2 saturated heterocycles. The monoisotopic (exact) mass is 553 g/mol. The van der Waals surface area contributed by atoms with Crippen LogP contribution in [-0.2, 0) is 9.59 Å². The van der Waals surface area contributed by atoms with Crippen LogP contribution >= 0.6 is 11.3 Å². The highest BCUT2D eigenvalue weighted by Crippen LogP contribution is 2.33. The molecule has 39 heavy (non-hydrogen) atoms. The van der Waals surface area contributed by atoms with E-state index < -0.39 is 18.1 Å². The number of hydrogen-bond donors (Lipinski definition) is 3. The van der Waals surface area contributed by atoms with Crippen LogP contribution in [0.2, 0.25) is 0 Å². The zero-order chi connectivity index (χ0) is 27.7. The van der Waals surface area contributed by atoms with Gasteiger partial charge in [0.2, 0.25) is 11.8 Å². The number of nitrogens with one attached hydrogen (secondary N) is 2. The fourth-order valence-corrected chi connectivity index (χ4v) is 5.92. The third-order valence-corrected chi connectivity index (χ3v) is 8.40. The van der Waals surface area contributed by atoms with Crippen molar-refractivity contribution in [1.29, 1.82) is 0 Å². The Balaban J connectivity index is 1.27. The Kier molecular flexibility index (Phi) is 8.01. The van der Waals surface area contributed by atoms with E-state index in [0.29, 0.717) is 11.6 Å². The van der Waals surface area contributed by atoms with Crippen molar-refractivity contribution < 1.29 is 24.0 Å². The molecular formula is C28H35N5O5S. The number of β-amino-alcohol motifs (C(OH)–C–C–N with tert-alkyl or cyclic N) is 1. The lowest BCUT2D eigenvalue weighted by molar-refractivity contribution is -0.141. The van der Waals surface area contributed by atoms with E-state index in [-0.39, 0.29) is 42.8 Å². The Hall–Kier alpha value is -3.28. The molecule has 10 nitrogen and oxygen atoms in total. The average Bonchev–Trinajstić information content (AvgIpc) is 3.61. The van der Waals surface area contributed by atoms with E-state index in [4.69, 9.17) is 9.26 Å². The number of aliphatic hydroxyl groups excluding tert-OH is 1. The first-order valence-electron chi connectivity index (χ1n) is 13.3. The van der Waals surface area contributed by atoms with E-state index in [1.54, 1.807) is 17.4 Å². The molecular weight excluding hydrogens is 518 g/mol. The van der Waals surface area contributed by atoms with Crippen LogP contribution < -0.4 is 15.4 Å². The van der Waals surface area contributed by atoms with Crippen molar-refractivity contribution >= 4 is 23.2 Å². The molecule has 0 unspecified atom stereocenters. The SMILES string of the molecule is Cc1ncsc1-c1ccc([C@H](C)NC(=O)[C@@H]2C[C@@H](O)CN2C(=O)[C@@H](c2cc(OC3CNC3)no2)C(C)C)cc1. The van der Waals surface area contributed by atoms with Crippen molar-refractivity contribution in [3.05, 3.63) is 52.9 Å². The Morgan fingerprint density at radius 2 is 1.97 bits per heavy atom. The summed E-state index contributed by atoms with van der Waals surface area (Å²) >= 11 is 1.60. The van der Waals surface area contributed by atoms with Gasteiger partial charge in [0.1, 0.15) is 18.1 Å². The average molecular weight is 554 g/mol. The molecule has 4 heterocycles. The number of aryl methyl sites for hydroxylation is 1. The molecule has 2 fully saturated rings. The first-order valence-corrected chi connectivity index (χ1v) is 14.2. The van der Waals surface area contributed by atoms with Crippen LogP contribution in [0, 0.1) is 12.8 Å². The molecule has 2 aliphatic heterocycles. The number of aliphatic hydroxyl groups is 1. The predicted octanol–water partition coefficient (Wildman–Crippen LogP) is 3.04. The zero-order valence-corrected chi connectivity index (χ0v) is 23.4. The van der Waals surface area contributed by atoms with Crippen LogP contribution in [0.15, 0.2) is 40.4 Å². The molecule has 208 valence electrons. The van der Waals surface area contributed by atoms with E-state index in [1.165, 1.54) is 4.90 Å². The molecule has 4 atom stereocenters. The van der Waals surface area contributed by atoms with Gasteiger partial charge in [-0.3, -0.25) is 9.59 Å². The van der Waals surface area contributed by atoms with Gasteiger partial charge >= 0.3 is 0 Å². The number of amides is 2. The zero-order valence-electron chi connectivity index (χ0n) is 22.6. The number of hydrogen-bond acceptors (Lipinski definition) is 9. The molecule has 3 N–H and O–H groups in total. The first-order chi connectivity index (χ1) is 18.7. The van der Waals surface area contributed by atoms with E-state index in [9.17, 15) is 14.7 Å². The minimum absolute atomic E-state index is 0.0352. The lowest BCUT2D eigenvalue weighted by atomic mass is 9.91. The molecule has 2 aliphatic rings. The molecule has 1 aromatic carbocycles. The summed E-state index contributed by atoms with van der Waals surface area (Å²) in [6.45, 7) is 9.30. The van der Waals surface area contributed by atoms with Gasteiger partial charge in [0.05, 0.1) is 28.2 Å². The summed E-state index contributed by atoms with van der Waals surface area (Å²) in [5.41, 5.74) is 4.85. The number of carbonyl (C=O) groups is 2. The van der Waals surface area contributed by atoms with Crippen LogP contribution in [0.4, 0.5) is 0 Å². The maximum absolute atomic E-state index is 13.8. The van der Waals surface area contributed by atoms with Gasteiger partial charge in [0.15, 0.2) is 5.76 Å². The number of carbonyl (C=O) groups excluding carboxylic acids is 2. The number of ether oxygens (including phenoxy) is 1. The molecule has 0 aliphatic carbocycles. The Labute approximate surface area is 231 Å². The standard InChI is InChI=1S/C28H35N5O5S/c1-15(2)25(23-10-24(32-38-23)37-21-11-29-12-21)28(36)33-13-20(34)9-22(33)27(35)31-16(3)18-5-7-19(8-6-18)26-17(4)30-14-39-26/h5-8,10,14-16,20-22,25,29,34H,9,11-13H2,1-4H3,(H,31,35)/t16-,20+,22-,25+/m0/s1. The highest BCUT2D eigenvalue weighted by atomic mass is 32.1. The number of likely N-dealkylation sites (tertiary alicyclic amines) is 1. The predicted molar refractivity (Wildman–Crippen MR) is 146 cm³/mol. The van der Waals surface area contributed by atoms with Crippen LogP contribution in [0.1, 0.15) is 56.2 Å². The normalized spacial score (nSPS) is 21.0. The molecule has 0 radical (unpaired) electrons. The molecule has 11 heteroatoms. The molecule has 5 rings (SSSR count). The van der Waals surface area contributed by atoms with E-state index >= 15 is 0 Å².